The van der Waals surface area contributed by atoms with Crippen molar-refractivity contribution >= 4 is 23.3 Å². The molecular formula is C11H13ClFNO3. The van der Waals surface area contributed by atoms with Gasteiger partial charge in [0.15, 0.2) is 11.6 Å². The van der Waals surface area contributed by atoms with Crippen molar-refractivity contribution < 1.29 is 19.0 Å². The van der Waals surface area contributed by atoms with E-state index in [4.69, 9.17) is 11.6 Å². The molecule has 4 nitrogen and oxygen atoms in total. The van der Waals surface area contributed by atoms with E-state index < -0.39 is 17.9 Å². The minimum Gasteiger partial charge on any atom is -0.424 e. The summed E-state index contributed by atoms with van der Waals surface area (Å²) in [6, 6.07) is 4.06. The Balaban J connectivity index is 2.65. The molecule has 0 spiro atoms. The quantitative estimate of drug-likeness (QED) is 0.482. The lowest BCUT2D eigenvalue weighted by molar-refractivity contribution is -0.132. The van der Waals surface area contributed by atoms with E-state index in [0.29, 0.717) is 5.69 Å². The van der Waals surface area contributed by atoms with Gasteiger partial charge in [-0.15, -0.1) is 11.6 Å². The third kappa shape index (κ3) is 4.58. The van der Waals surface area contributed by atoms with Crippen molar-refractivity contribution in [3.05, 3.63) is 24.0 Å². The second kappa shape index (κ2) is 6.42. The molecule has 0 aliphatic rings. The number of alkyl halides is 1. The topological polar surface area (TPSA) is 58.6 Å². The minimum absolute atomic E-state index is 0.0982. The van der Waals surface area contributed by atoms with Gasteiger partial charge < -0.3 is 15.2 Å². The van der Waals surface area contributed by atoms with Gasteiger partial charge in [0.25, 0.3) is 0 Å². The number of hydrogen-bond acceptors (Lipinski definition) is 4. The second-order valence-corrected chi connectivity index (χ2v) is 3.74. The lowest BCUT2D eigenvalue weighted by Gasteiger charge is -2.11. The maximum absolute atomic E-state index is 13.4. The number of aliphatic hydroxyl groups is 1. The van der Waals surface area contributed by atoms with Gasteiger partial charge in [-0.25, -0.2) is 4.39 Å². The maximum Gasteiger partial charge on any atom is 0.308 e. The minimum atomic E-state index is -0.701. The molecule has 0 aromatic heterocycles. The zero-order valence-corrected chi connectivity index (χ0v) is 10.00. The molecule has 0 bridgehead atoms. The molecule has 1 atom stereocenters. The normalized spacial score (nSPS) is 12.0. The van der Waals surface area contributed by atoms with Gasteiger partial charge in [0.2, 0.25) is 0 Å². The summed E-state index contributed by atoms with van der Waals surface area (Å²) in [5.74, 6) is -1.25. The number of anilines is 1. The smallest absolute Gasteiger partial charge is 0.308 e. The number of ether oxygens (including phenoxy) is 1. The average Bonchev–Trinajstić information content (AvgIpc) is 2.28. The summed E-state index contributed by atoms with van der Waals surface area (Å²) in [6.45, 7) is 1.41. The first-order chi connectivity index (χ1) is 8.02. The largest absolute Gasteiger partial charge is 0.424 e. The summed E-state index contributed by atoms with van der Waals surface area (Å²) in [7, 11) is 0. The first-order valence-corrected chi connectivity index (χ1v) is 5.52. The van der Waals surface area contributed by atoms with Crippen molar-refractivity contribution in [2.45, 2.75) is 13.0 Å². The van der Waals surface area contributed by atoms with E-state index >= 15 is 0 Å². The fourth-order valence-electron chi connectivity index (χ4n) is 1.14. The van der Waals surface area contributed by atoms with Crippen LogP contribution >= 0.6 is 11.6 Å². The average molecular weight is 262 g/mol. The first kappa shape index (κ1) is 13.7. The van der Waals surface area contributed by atoms with Crippen LogP contribution in [0.2, 0.25) is 0 Å². The number of benzene rings is 1. The lowest BCUT2D eigenvalue weighted by Crippen LogP contribution is -2.20. The molecule has 17 heavy (non-hydrogen) atoms. The van der Waals surface area contributed by atoms with Crippen LogP contribution in [0.15, 0.2) is 18.2 Å². The highest BCUT2D eigenvalue weighted by Gasteiger charge is 2.08. The van der Waals surface area contributed by atoms with Crippen molar-refractivity contribution in [3.63, 3.8) is 0 Å². The van der Waals surface area contributed by atoms with Gasteiger partial charge in [-0.3, -0.25) is 4.79 Å². The number of esters is 1. The van der Waals surface area contributed by atoms with Gasteiger partial charge in [0, 0.05) is 25.2 Å². The molecule has 0 fully saturated rings. The summed E-state index contributed by atoms with van der Waals surface area (Å²) in [4.78, 5) is 10.7. The molecule has 0 saturated carbocycles. The Bertz CT molecular complexity index is 400. The van der Waals surface area contributed by atoms with Crippen molar-refractivity contribution in [2.75, 3.05) is 17.7 Å². The van der Waals surface area contributed by atoms with Gasteiger partial charge in [0.1, 0.15) is 0 Å². The van der Waals surface area contributed by atoms with Crippen LogP contribution in [0.4, 0.5) is 10.1 Å². The van der Waals surface area contributed by atoms with Gasteiger partial charge in [0.05, 0.1) is 12.0 Å². The maximum atomic E-state index is 13.4. The van der Waals surface area contributed by atoms with Crippen LogP contribution in [-0.2, 0) is 4.79 Å². The number of carbonyl (C=O) groups excluding carboxylic acids is 1. The summed E-state index contributed by atoms with van der Waals surface area (Å²) in [6.07, 6.45) is -0.701. The van der Waals surface area contributed by atoms with Crippen LogP contribution in [0.25, 0.3) is 0 Å². The fraction of sp³-hybridized carbons (Fsp3) is 0.364. The highest BCUT2D eigenvalue weighted by molar-refractivity contribution is 6.18. The molecule has 2 N–H and O–H groups in total. The first-order valence-electron chi connectivity index (χ1n) is 4.98. The van der Waals surface area contributed by atoms with E-state index in [1.54, 1.807) is 6.07 Å². The van der Waals surface area contributed by atoms with Gasteiger partial charge >= 0.3 is 5.97 Å². The molecular weight excluding hydrogens is 249 g/mol. The Morgan fingerprint density at radius 2 is 2.35 bits per heavy atom. The van der Waals surface area contributed by atoms with Crippen LogP contribution in [0.5, 0.6) is 5.75 Å². The highest BCUT2D eigenvalue weighted by Crippen LogP contribution is 2.21. The van der Waals surface area contributed by atoms with Crippen molar-refractivity contribution in [1.82, 2.24) is 0 Å². The number of hydrogen-bond donors (Lipinski definition) is 2. The van der Waals surface area contributed by atoms with Crippen LogP contribution in [-0.4, -0.2) is 29.6 Å². The van der Waals surface area contributed by atoms with Gasteiger partial charge in [-0.1, -0.05) is 0 Å². The third-order valence-corrected chi connectivity index (χ3v) is 2.26. The fourth-order valence-corrected chi connectivity index (χ4v) is 1.25. The molecule has 0 heterocycles. The van der Waals surface area contributed by atoms with Gasteiger partial charge in [-0.2, -0.15) is 0 Å². The van der Waals surface area contributed by atoms with E-state index in [2.05, 4.69) is 10.1 Å². The van der Waals surface area contributed by atoms with E-state index in [0.717, 1.165) is 0 Å². The highest BCUT2D eigenvalue weighted by atomic mass is 35.5. The van der Waals surface area contributed by atoms with E-state index in [9.17, 15) is 14.3 Å². The van der Waals surface area contributed by atoms with E-state index in [1.165, 1.54) is 19.1 Å². The van der Waals surface area contributed by atoms with Crippen LogP contribution in [0.3, 0.4) is 0 Å². The molecule has 0 amide bonds. The molecule has 0 unspecified atom stereocenters. The Morgan fingerprint density at radius 1 is 1.65 bits per heavy atom. The number of halogens is 2. The zero-order chi connectivity index (χ0) is 12.8. The van der Waals surface area contributed by atoms with Gasteiger partial charge in [-0.05, 0) is 12.1 Å². The Morgan fingerprint density at radius 3 is 2.88 bits per heavy atom. The monoisotopic (exact) mass is 261 g/mol. The predicted octanol–water partition coefficient (Wildman–Crippen LogP) is 1.76. The molecule has 6 heteroatoms. The van der Waals surface area contributed by atoms with Crippen LogP contribution in [0.1, 0.15) is 6.92 Å². The van der Waals surface area contributed by atoms with Crippen molar-refractivity contribution in [3.8, 4) is 5.75 Å². The summed E-state index contributed by atoms with van der Waals surface area (Å²) < 4.78 is 18.0. The zero-order valence-electron chi connectivity index (χ0n) is 9.24. The third-order valence-electron chi connectivity index (χ3n) is 1.91. The molecule has 1 aromatic carbocycles. The second-order valence-electron chi connectivity index (χ2n) is 3.43. The molecule has 1 aromatic rings. The molecule has 0 aliphatic heterocycles. The SMILES string of the molecule is CC(=O)Oc1ccc(NC[C@@H](O)CCl)cc1F. The molecule has 0 radical (unpaired) electrons. The Labute approximate surface area is 103 Å². The Kier molecular flexibility index (Phi) is 5.18. The van der Waals surface area contributed by atoms with Crippen molar-refractivity contribution in [2.24, 2.45) is 0 Å². The molecule has 0 saturated heterocycles. The van der Waals surface area contributed by atoms with Crippen LogP contribution < -0.4 is 10.1 Å². The summed E-state index contributed by atoms with van der Waals surface area (Å²) in [5, 5.41) is 12.0. The van der Waals surface area contributed by atoms with E-state index in [-0.39, 0.29) is 18.2 Å². The number of nitrogens with one attached hydrogen (secondary N) is 1. The standard InChI is InChI=1S/C11H13ClFNO3/c1-7(15)17-11-3-2-8(4-10(11)13)14-6-9(16)5-12/h2-4,9,14,16H,5-6H2,1H3/t9-/m0/s1. The van der Waals surface area contributed by atoms with E-state index in [1.807, 2.05) is 0 Å². The molecule has 1 rings (SSSR count). The number of carbonyl (C=O) groups is 1. The number of rotatable bonds is 5. The number of aliphatic hydroxyl groups excluding tert-OH is 1. The Hall–Kier alpha value is -1.33. The summed E-state index contributed by atoms with van der Waals surface area (Å²) >= 11 is 5.41. The predicted molar refractivity (Wildman–Crippen MR) is 62.9 cm³/mol. The molecule has 0 aliphatic carbocycles. The summed E-state index contributed by atoms with van der Waals surface area (Å²) in [5.41, 5.74) is 0.475. The molecule has 94 valence electrons. The van der Waals surface area contributed by atoms with Crippen LogP contribution in [0, 0.1) is 5.82 Å². The van der Waals surface area contributed by atoms with Crippen molar-refractivity contribution in [1.29, 1.82) is 0 Å². The lowest BCUT2D eigenvalue weighted by atomic mass is 10.2.